The number of carbonyl (C=O) groups is 1. The lowest BCUT2D eigenvalue weighted by atomic mass is 9.89. The molecule has 0 bridgehead atoms. The molecule has 0 atom stereocenters. The molecule has 0 saturated carbocycles. The van der Waals surface area contributed by atoms with Crippen molar-refractivity contribution in [2.75, 3.05) is 26.3 Å². The molecule has 1 aromatic rings. The standard InChI is InChI=1S/C25H31NO3/c1-3-26(4-2)25(28)21-12-10-20(11-13-21)23(18-19-14-16-29-17-15-19)22-8-6-5-7-9-24(22)27/h5,7-13,18-19,27H,3-4,6,14-17H2,1-2H3/b23-18-. The first-order valence-electron chi connectivity index (χ1n) is 10.6. The molecule has 1 fully saturated rings. The van der Waals surface area contributed by atoms with Gasteiger partial charge in [-0.15, -0.1) is 0 Å². The van der Waals surface area contributed by atoms with E-state index in [1.54, 1.807) is 6.08 Å². The monoisotopic (exact) mass is 393 g/mol. The lowest BCUT2D eigenvalue weighted by molar-refractivity contribution is 0.0772. The van der Waals surface area contributed by atoms with Crippen LogP contribution >= 0.6 is 0 Å². The molecule has 1 amide bonds. The molecule has 0 spiro atoms. The molecule has 0 radical (unpaired) electrons. The number of amides is 1. The van der Waals surface area contributed by atoms with Crippen molar-refractivity contribution in [3.63, 3.8) is 0 Å². The van der Waals surface area contributed by atoms with Crippen LogP contribution in [0, 0.1) is 5.92 Å². The minimum absolute atomic E-state index is 0.0529. The molecule has 1 saturated heterocycles. The fourth-order valence-electron chi connectivity index (χ4n) is 3.81. The van der Waals surface area contributed by atoms with Gasteiger partial charge in [-0.2, -0.15) is 0 Å². The quantitative estimate of drug-likeness (QED) is 0.713. The van der Waals surface area contributed by atoms with Crippen molar-refractivity contribution in [2.24, 2.45) is 5.92 Å². The highest BCUT2D eigenvalue weighted by molar-refractivity contribution is 5.95. The highest BCUT2D eigenvalue weighted by Gasteiger charge is 2.19. The van der Waals surface area contributed by atoms with E-state index < -0.39 is 0 Å². The van der Waals surface area contributed by atoms with Crippen molar-refractivity contribution in [3.8, 4) is 0 Å². The molecule has 0 aromatic heterocycles. The molecule has 4 heteroatoms. The summed E-state index contributed by atoms with van der Waals surface area (Å²) >= 11 is 0. The number of aliphatic hydroxyl groups is 1. The lowest BCUT2D eigenvalue weighted by Crippen LogP contribution is -2.30. The molecule has 0 unspecified atom stereocenters. The van der Waals surface area contributed by atoms with Gasteiger partial charge in [0, 0.05) is 37.4 Å². The fourth-order valence-corrected chi connectivity index (χ4v) is 3.81. The van der Waals surface area contributed by atoms with Gasteiger partial charge < -0.3 is 14.7 Å². The van der Waals surface area contributed by atoms with Crippen LogP contribution in [-0.2, 0) is 4.74 Å². The Morgan fingerprint density at radius 2 is 1.79 bits per heavy atom. The molecule has 154 valence electrons. The lowest BCUT2D eigenvalue weighted by Gasteiger charge is -2.22. The van der Waals surface area contributed by atoms with Crippen molar-refractivity contribution in [1.82, 2.24) is 4.90 Å². The molecule has 4 nitrogen and oxygen atoms in total. The minimum Gasteiger partial charge on any atom is -0.507 e. The predicted octanol–water partition coefficient (Wildman–Crippen LogP) is 5.31. The number of hydrogen-bond donors (Lipinski definition) is 1. The van der Waals surface area contributed by atoms with E-state index in [1.165, 1.54) is 0 Å². The van der Waals surface area contributed by atoms with Crippen LogP contribution < -0.4 is 0 Å². The number of allylic oxidation sites excluding steroid dienone is 6. The van der Waals surface area contributed by atoms with Crippen LogP contribution in [-0.4, -0.2) is 42.2 Å². The number of carbonyl (C=O) groups excluding carboxylic acids is 1. The van der Waals surface area contributed by atoms with Crippen LogP contribution in [0.4, 0.5) is 0 Å². The van der Waals surface area contributed by atoms with Gasteiger partial charge in [0.15, 0.2) is 0 Å². The van der Waals surface area contributed by atoms with Gasteiger partial charge >= 0.3 is 0 Å². The maximum absolute atomic E-state index is 12.6. The summed E-state index contributed by atoms with van der Waals surface area (Å²) in [5.41, 5.74) is 3.58. The van der Waals surface area contributed by atoms with Gasteiger partial charge in [-0.3, -0.25) is 4.79 Å². The van der Waals surface area contributed by atoms with Crippen LogP contribution in [0.5, 0.6) is 0 Å². The summed E-state index contributed by atoms with van der Waals surface area (Å²) < 4.78 is 5.50. The Balaban J connectivity index is 1.95. The van der Waals surface area contributed by atoms with E-state index in [0.29, 0.717) is 24.6 Å². The third kappa shape index (κ3) is 5.27. The summed E-state index contributed by atoms with van der Waals surface area (Å²) in [6.07, 6.45) is 12.7. The zero-order valence-electron chi connectivity index (χ0n) is 17.4. The molecular weight excluding hydrogens is 362 g/mol. The van der Waals surface area contributed by atoms with Gasteiger partial charge in [0.05, 0.1) is 0 Å². The molecule has 1 heterocycles. The molecular formula is C25H31NO3. The van der Waals surface area contributed by atoms with Crippen LogP contribution in [0.15, 0.2) is 66.0 Å². The van der Waals surface area contributed by atoms with E-state index in [4.69, 9.17) is 4.74 Å². The maximum atomic E-state index is 12.6. The smallest absolute Gasteiger partial charge is 0.253 e. The summed E-state index contributed by atoms with van der Waals surface area (Å²) in [7, 11) is 0. The number of rotatable bonds is 6. The number of benzene rings is 1. The summed E-state index contributed by atoms with van der Waals surface area (Å²) in [5, 5.41) is 10.6. The molecule has 2 aliphatic rings. The van der Waals surface area contributed by atoms with Gasteiger partial charge in [-0.1, -0.05) is 36.4 Å². The Kier molecular flexibility index (Phi) is 7.48. The Bertz CT molecular complexity index is 820. The van der Waals surface area contributed by atoms with Crippen molar-refractivity contribution >= 4 is 11.5 Å². The Morgan fingerprint density at radius 3 is 2.45 bits per heavy atom. The minimum atomic E-state index is 0.0529. The van der Waals surface area contributed by atoms with Gasteiger partial charge in [-0.05, 0) is 68.4 Å². The fraction of sp³-hybridized carbons (Fsp3) is 0.400. The molecule has 3 rings (SSSR count). The van der Waals surface area contributed by atoms with Crippen LogP contribution in [0.2, 0.25) is 0 Å². The molecule has 29 heavy (non-hydrogen) atoms. The number of aliphatic hydroxyl groups excluding tert-OH is 1. The van der Waals surface area contributed by atoms with E-state index in [9.17, 15) is 9.90 Å². The average molecular weight is 394 g/mol. The summed E-state index contributed by atoms with van der Waals surface area (Å²) in [6, 6.07) is 7.77. The van der Waals surface area contributed by atoms with E-state index in [-0.39, 0.29) is 11.7 Å². The van der Waals surface area contributed by atoms with Crippen molar-refractivity contribution < 1.29 is 14.6 Å². The topological polar surface area (TPSA) is 49.8 Å². The molecule has 1 N–H and O–H groups in total. The third-order valence-corrected chi connectivity index (χ3v) is 5.58. The molecule has 1 aromatic carbocycles. The summed E-state index contributed by atoms with van der Waals surface area (Å²) in [6.45, 7) is 6.93. The van der Waals surface area contributed by atoms with Gasteiger partial charge in [0.25, 0.3) is 5.91 Å². The van der Waals surface area contributed by atoms with Gasteiger partial charge in [0.1, 0.15) is 5.76 Å². The average Bonchev–Trinajstić information content (AvgIpc) is 2.98. The van der Waals surface area contributed by atoms with Gasteiger partial charge in [-0.25, -0.2) is 0 Å². The van der Waals surface area contributed by atoms with Crippen LogP contribution in [0.1, 0.15) is 49.0 Å². The van der Waals surface area contributed by atoms with Crippen LogP contribution in [0.3, 0.4) is 0 Å². The zero-order chi connectivity index (χ0) is 20.6. The second-order valence-corrected chi connectivity index (χ2v) is 7.42. The Morgan fingerprint density at radius 1 is 1.14 bits per heavy atom. The third-order valence-electron chi connectivity index (χ3n) is 5.58. The summed E-state index contributed by atoms with van der Waals surface area (Å²) in [4.78, 5) is 14.5. The first-order valence-corrected chi connectivity index (χ1v) is 10.6. The van der Waals surface area contributed by atoms with Crippen LogP contribution in [0.25, 0.3) is 5.57 Å². The number of hydrogen-bond acceptors (Lipinski definition) is 3. The highest BCUT2D eigenvalue weighted by Crippen LogP contribution is 2.33. The van der Waals surface area contributed by atoms with E-state index in [1.807, 2.05) is 55.2 Å². The largest absolute Gasteiger partial charge is 0.507 e. The second kappa shape index (κ2) is 10.3. The Hall–Kier alpha value is -2.59. The predicted molar refractivity (Wildman–Crippen MR) is 118 cm³/mol. The SMILES string of the molecule is CCN(CC)C(=O)c1ccc(/C(=C/C2CCOCC2)C2=CCC=CC=C2O)cc1. The second-order valence-electron chi connectivity index (χ2n) is 7.42. The highest BCUT2D eigenvalue weighted by atomic mass is 16.5. The van der Waals surface area contributed by atoms with Gasteiger partial charge in [0.2, 0.25) is 0 Å². The van der Waals surface area contributed by atoms with Crippen molar-refractivity contribution in [1.29, 1.82) is 0 Å². The van der Waals surface area contributed by atoms with E-state index >= 15 is 0 Å². The van der Waals surface area contributed by atoms with Crippen molar-refractivity contribution in [3.05, 3.63) is 77.1 Å². The summed E-state index contributed by atoms with van der Waals surface area (Å²) in [5.74, 6) is 0.748. The number of nitrogens with zero attached hydrogens (tertiary/aromatic N) is 1. The van der Waals surface area contributed by atoms with E-state index in [0.717, 1.165) is 49.2 Å². The normalized spacial score (nSPS) is 18.1. The first-order chi connectivity index (χ1) is 14.1. The number of ether oxygens (including phenoxy) is 1. The van der Waals surface area contributed by atoms with Crippen molar-refractivity contribution in [2.45, 2.75) is 33.1 Å². The zero-order valence-corrected chi connectivity index (χ0v) is 17.4. The Labute approximate surface area is 173 Å². The van der Waals surface area contributed by atoms with E-state index in [2.05, 4.69) is 12.2 Å². The molecule has 1 aliphatic carbocycles. The first kappa shape index (κ1) is 21.1. The molecule has 1 aliphatic heterocycles. The maximum Gasteiger partial charge on any atom is 0.253 e.